The number of methoxy groups -OCH3 is 1. The molecule has 0 bridgehead atoms. The minimum atomic E-state index is -0.195. The number of benzene rings is 1. The van der Waals surface area contributed by atoms with Crippen LogP contribution in [0.3, 0.4) is 0 Å². The number of carbonyl (C=O) groups is 1. The topological polar surface area (TPSA) is 103 Å². The summed E-state index contributed by atoms with van der Waals surface area (Å²) in [5, 5.41) is 3.40. The molecule has 8 heteroatoms. The van der Waals surface area contributed by atoms with Gasteiger partial charge in [-0.3, -0.25) is 4.79 Å². The van der Waals surface area contributed by atoms with Crippen LogP contribution in [0.25, 0.3) is 0 Å². The number of nitrogens with two attached hydrogens (primary N) is 1. The molecule has 0 spiro atoms. The van der Waals surface area contributed by atoms with Gasteiger partial charge in [-0.15, -0.1) is 0 Å². The number of aryl methyl sites for hydroxylation is 1. The zero-order valence-electron chi connectivity index (χ0n) is 21.0. The largest absolute Gasteiger partial charge is 0.496 e. The number of nitrogens with zero attached hydrogens (tertiary/aromatic N) is 3. The number of unbranched alkanes of at least 4 members (excludes halogenated alkanes) is 1. The first-order valence-electron chi connectivity index (χ1n) is 12.3. The number of hydrogen-bond donors (Lipinski definition) is 2. The highest BCUT2D eigenvalue weighted by Gasteiger charge is 2.19. The number of rotatable bonds is 11. The summed E-state index contributed by atoms with van der Waals surface area (Å²) in [5.41, 5.74) is 9.61. The van der Waals surface area contributed by atoms with E-state index < -0.39 is 0 Å². The van der Waals surface area contributed by atoms with Crippen LogP contribution in [0.4, 0.5) is 11.8 Å². The Hall–Kier alpha value is -2.87. The Labute approximate surface area is 203 Å². The van der Waals surface area contributed by atoms with Crippen LogP contribution in [0.1, 0.15) is 55.0 Å². The fourth-order valence-electron chi connectivity index (χ4n) is 4.25. The van der Waals surface area contributed by atoms with E-state index in [2.05, 4.69) is 34.2 Å². The van der Waals surface area contributed by atoms with E-state index in [-0.39, 0.29) is 18.3 Å². The van der Waals surface area contributed by atoms with Crippen LogP contribution < -0.4 is 15.8 Å². The molecule has 34 heavy (non-hydrogen) atoms. The van der Waals surface area contributed by atoms with Crippen LogP contribution in [0.15, 0.2) is 18.2 Å². The van der Waals surface area contributed by atoms with Crippen LogP contribution in [-0.4, -0.2) is 61.2 Å². The number of nitrogens with one attached hydrogen (secondary N) is 1. The van der Waals surface area contributed by atoms with E-state index >= 15 is 0 Å². The SMILES string of the molecule is CCCCNc1nc(N)nc(C)c1Cc1ccc(CC(=O)OCC2CCN(C)CC2)cc1OC. The molecule has 0 aliphatic carbocycles. The highest BCUT2D eigenvalue weighted by atomic mass is 16.5. The van der Waals surface area contributed by atoms with Crippen molar-refractivity contribution in [1.29, 1.82) is 0 Å². The molecule has 0 atom stereocenters. The normalized spacial score (nSPS) is 14.7. The molecule has 1 saturated heterocycles. The predicted octanol–water partition coefficient (Wildman–Crippen LogP) is 3.61. The number of esters is 1. The van der Waals surface area contributed by atoms with Crippen molar-refractivity contribution in [1.82, 2.24) is 14.9 Å². The van der Waals surface area contributed by atoms with Crippen LogP contribution in [0.2, 0.25) is 0 Å². The molecule has 1 aromatic heterocycles. The predicted molar refractivity (Wildman–Crippen MR) is 135 cm³/mol. The highest BCUT2D eigenvalue weighted by Crippen LogP contribution is 2.28. The molecule has 0 radical (unpaired) electrons. The Balaban J connectivity index is 1.65. The third-order valence-corrected chi connectivity index (χ3v) is 6.44. The van der Waals surface area contributed by atoms with Gasteiger partial charge in [0.15, 0.2) is 0 Å². The highest BCUT2D eigenvalue weighted by molar-refractivity contribution is 5.73. The van der Waals surface area contributed by atoms with Crippen LogP contribution in [0.5, 0.6) is 5.75 Å². The van der Waals surface area contributed by atoms with Crippen molar-refractivity contribution in [2.24, 2.45) is 5.92 Å². The Morgan fingerprint density at radius 3 is 2.74 bits per heavy atom. The lowest BCUT2D eigenvalue weighted by Gasteiger charge is -2.28. The number of hydrogen-bond acceptors (Lipinski definition) is 8. The number of piperidine rings is 1. The van der Waals surface area contributed by atoms with Crippen molar-refractivity contribution in [2.45, 2.75) is 52.4 Å². The molecule has 1 aliphatic rings. The maximum absolute atomic E-state index is 12.4. The summed E-state index contributed by atoms with van der Waals surface area (Å²) in [6, 6.07) is 5.89. The summed E-state index contributed by atoms with van der Waals surface area (Å²) < 4.78 is 11.2. The Bertz CT molecular complexity index is 958. The van der Waals surface area contributed by atoms with Gasteiger partial charge >= 0.3 is 5.97 Å². The second-order valence-electron chi connectivity index (χ2n) is 9.20. The van der Waals surface area contributed by atoms with Crippen molar-refractivity contribution in [2.75, 3.05) is 51.4 Å². The summed E-state index contributed by atoms with van der Waals surface area (Å²) >= 11 is 0. The second kappa shape index (κ2) is 12.6. The third kappa shape index (κ3) is 7.32. The molecule has 1 fully saturated rings. The summed E-state index contributed by atoms with van der Waals surface area (Å²) in [5.74, 6) is 2.03. The molecule has 1 aliphatic heterocycles. The first-order chi connectivity index (χ1) is 16.4. The second-order valence-corrected chi connectivity index (χ2v) is 9.20. The van der Waals surface area contributed by atoms with Gasteiger partial charge in [-0.2, -0.15) is 4.98 Å². The van der Waals surface area contributed by atoms with Gasteiger partial charge in [-0.25, -0.2) is 4.98 Å². The Morgan fingerprint density at radius 2 is 2.03 bits per heavy atom. The van der Waals surface area contributed by atoms with Crippen LogP contribution in [0, 0.1) is 12.8 Å². The standard InChI is InChI=1S/C26H39N5O3/c1-5-6-11-28-25-22(18(2)29-26(27)30-25)16-21-8-7-20(14-23(21)33-4)15-24(32)34-17-19-9-12-31(3)13-10-19/h7-8,14,19H,5-6,9-13,15-17H2,1-4H3,(H3,27,28,29,30). The van der Waals surface area contributed by atoms with Crippen molar-refractivity contribution >= 4 is 17.7 Å². The van der Waals surface area contributed by atoms with Crippen molar-refractivity contribution in [3.8, 4) is 5.75 Å². The van der Waals surface area contributed by atoms with Crippen molar-refractivity contribution < 1.29 is 14.3 Å². The molecular weight excluding hydrogens is 430 g/mol. The molecule has 0 unspecified atom stereocenters. The van der Waals surface area contributed by atoms with Gasteiger partial charge in [0.05, 0.1) is 20.1 Å². The maximum atomic E-state index is 12.4. The van der Waals surface area contributed by atoms with Gasteiger partial charge in [0.2, 0.25) is 5.95 Å². The van der Waals surface area contributed by atoms with Gasteiger partial charge in [0.1, 0.15) is 11.6 Å². The smallest absolute Gasteiger partial charge is 0.310 e. The number of aromatic nitrogens is 2. The maximum Gasteiger partial charge on any atom is 0.310 e. The van der Waals surface area contributed by atoms with E-state index in [1.807, 2.05) is 25.1 Å². The number of anilines is 2. The molecular formula is C26H39N5O3. The van der Waals surface area contributed by atoms with E-state index in [0.717, 1.165) is 79.3 Å². The summed E-state index contributed by atoms with van der Waals surface area (Å²) in [6.07, 6.45) is 5.14. The number of ether oxygens (including phenoxy) is 2. The zero-order chi connectivity index (χ0) is 24.5. The van der Waals surface area contributed by atoms with E-state index in [9.17, 15) is 4.79 Å². The minimum absolute atomic E-state index is 0.195. The number of nitrogen functional groups attached to an aromatic ring is 1. The molecule has 3 N–H and O–H groups in total. The number of carbonyl (C=O) groups excluding carboxylic acids is 1. The summed E-state index contributed by atoms with van der Waals surface area (Å²) in [4.78, 5) is 23.5. The van der Waals surface area contributed by atoms with Crippen molar-refractivity contribution in [3.05, 3.63) is 40.6 Å². The lowest BCUT2D eigenvalue weighted by Crippen LogP contribution is -2.32. The summed E-state index contributed by atoms with van der Waals surface area (Å²) in [7, 11) is 3.78. The van der Waals surface area contributed by atoms with Gasteiger partial charge in [0, 0.05) is 24.2 Å². The Morgan fingerprint density at radius 1 is 1.26 bits per heavy atom. The quantitative estimate of drug-likeness (QED) is 0.380. The van der Waals surface area contributed by atoms with E-state index in [0.29, 0.717) is 18.9 Å². The average Bonchev–Trinajstić information content (AvgIpc) is 2.81. The van der Waals surface area contributed by atoms with Crippen LogP contribution in [-0.2, 0) is 22.4 Å². The molecule has 2 aromatic rings. The molecule has 186 valence electrons. The zero-order valence-corrected chi connectivity index (χ0v) is 21.0. The first kappa shape index (κ1) is 25.7. The minimum Gasteiger partial charge on any atom is -0.496 e. The molecule has 0 saturated carbocycles. The fraction of sp³-hybridized carbons (Fsp3) is 0.577. The molecule has 1 aromatic carbocycles. The first-order valence-corrected chi connectivity index (χ1v) is 12.3. The molecule has 2 heterocycles. The van der Waals surface area contributed by atoms with Crippen LogP contribution >= 0.6 is 0 Å². The van der Waals surface area contributed by atoms with Gasteiger partial charge < -0.3 is 25.4 Å². The average molecular weight is 470 g/mol. The van der Waals surface area contributed by atoms with Gasteiger partial charge in [-0.05, 0) is 69.4 Å². The van der Waals surface area contributed by atoms with E-state index in [4.69, 9.17) is 15.2 Å². The summed E-state index contributed by atoms with van der Waals surface area (Å²) in [6.45, 7) is 7.56. The lowest BCUT2D eigenvalue weighted by molar-refractivity contribution is -0.144. The molecule has 3 rings (SSSR count). The van der Waals surface area contributed by atoms with E-state index in [1.54, 1.807) is 7.11 Å². The Kier molecular flexibility index (Phi) is 9.51. The third-order valence-electron chi connectivity index (χ3n) is 6.44. The van der Waals surface area contributed by atoms with E-state index in [1.165, 1.54) is 0 Å². The van der Waals surface area contributed by atoms with Crippen molar-refractivity contribution in [3.63, 3.8) is 0 Å². The molecule has 8 nitrogen and oxygen atoms in total. The molecule has 0 amide bonds. The number of likely N-dealkylation sites (tertiary alicyclic amines) is 1. The van der Waals surface area contributed by atoms with Gasteiger partial charge in [-0.1, -0.05) is 25.5 Å². The monoisotopic (exact) mass is 469 g/mol. The lowest BCUT2D eigenvalue weighted by atomic mass is 9.98. The van der Waals surface area contributed by atoms with Gasteiger partial charge in [0.25, 0.3) is 0 Å². The fourth-order valence-corrected chi connectivity index (χ4v) is 4.25.